The van der Waals surface area contributed by atoms with E-state index in [2.05, 4.69) is 4.98 Å². The summed E-state index contributed by atoms with van der Waals surface area (Å²) in [5, 5.41) is 0.649. The monoisotopic (exact) mass is 407 g/mol. The van der Waals surface area contributed by atoms with Gasteiger partial charge in [-0.1, -0.05) is 12.1 Å². The molecule has 0 radical (unpaired) electrons. The zero-order valence-electron chi connectivity index (χ0n) is 16.2. The SMILES string of the molecule is COc1ccc(COc2cc(OCC(F)(F)F)nc3c(C)c(OC)ccc23)cc1. The first-order valence-electron chi connectivity index (χ1n) is 8.74. The molecule has 0 bridgehead atoms. The van der Waals surface area contributed by atoms with Crippen LogP contribution in [0.3, 0.4) is 0 Å². The van der Waals surface area contributed by atoms with Crippen molar-refractivity contribution in [2.75, 3.05) is 20.8 Å². The van der Waals surface area contributed by atoms with Gasteiger partial charge < -0.3 is 18.9 Å². The quantitative estimate of drug-likeness (QED) is 0.547. The molecule has 0 saturated carbocycles. The molecule has 0 unspecified atom stereocenters. The van der Waals surface area contributed by atoms with Gasteiger partial charge in [-0.05, 0) is 36.8 Å². The molecule has 2 aromatic carbocycles. The van der Waals surface area contributed by atoms with Crippen LogP contribution in [0, 0.1) is 6.92 Å². The van der Waals surface area contributed by atoms with E-state index in [1.54, 1.807) is 38.3 Å². The van der Waals surface area contributed by atoms with Crippen LogP contribution in [0.15, 0.2) is 42.5 Å². The van der Waals surface area contributed by atoms with Crippen LogP contribution in [0.1, 0.15) is 11.1 Å². The van der Waals surface area contributed by atoms with Crippen molar-refractivity contribution in [3.8, 4) is 23.1 Å². The Morgan fingerprint density at radius 3 is 2.24 bits per heavy atom. The topological polar surface area (TPSA) is 49.8 Å². The van der Waals surface area contributed by atoms with Gasteiger partial charge in [-0.25, -0.2) is 4.98 Å². The number of aryl methyl sites for hydroxylation is 1. The molecular formula is C21H20F3NO4. The molecule has 8 heteroatoms. The Morgan fingerprint density at radius 1 is 0.897 bits per heavy atom. The second-order valence-electron chi connectivity index (χ2n) is 6.29. The lowest BCUT2D eigenvalue weighted by atomic mass is 10.1. The van der Waals surface area contributed by atoms with Crippen LogP contribution in [0.25, 0.3) is 10.9 Å². The van der Waals surface area contributed by atoms with E-state index < -0.39 is 12.8 Å². The van der Waals surface area contributed by atoms with Crippen LogP contribution in [0.5, 0.6) is 23.1 Å². The third kappa shape index (κ3) is 5.01. The van der Waals surface area contributed by atoms with E-state index in [-0.39, 0.29) is 12.5 Å². The minimum Gasteiger partial charge on any atom is -0.497 e. The lowest BCUT2D eigenvalue weighted by Gasteiger charge is -2.15. The van der Waals surface area contributed by atoms with Crippen LogP contribution < -0.4 is 18.9 Å². The Bertz CT molecular complexity index is 988. The first-order valence-corrected chi connectivity index (χ1v) is 8.74. The Morgan fingerprint density at radius 2 is 1.62 bits per heavy atom. The first-order chi connectivity index (χ1) is 13.8. The number of rotatable bonds is 7. The van der Waals surface area contributed by atoms with Gasteiger partial charge in [0.25, 0.3) is 0 Å². The van der Waals surface area contributed by atoms with Crippen molar-refractivity contribution in [1.82, 2.24) is 4.98 Å². The van der Waals surface area contributed by atoms with Gasteiger partial charge in [0.2, 0.25) is 5.88 Å². The largest absolute Gasteiger partial charge is 0.497 e. The van der Waals surface area contributed by atoms with Gasteiger partial charge in [-0.15, -0.1) is 0 Å². The number of nitrogens with zero attached hydrogens (tertiary/aromatic N) is 1. The number of halogens is 3. The summed E-state index contributed by atoms with van der Waals surface area (Å²) in [6.45, 7) is 0.550. The summed E-state index contributed by atoms with van der Waals surface area (Å²) in [5.41, 5.74) is 2.00. The van der Waals surface area contributed by atoms with Crippen molar-refractivity contribution in [1.29, 1.82) is 0 Å². The summed E-state index contributed by atoms with van der Waals surface area (Å²) in [7, 11) is 3.09. The van der Waals surface area contributed by atoms with Crippen molar-refractivity contribution >= 4 is 10.9 Å². The van der Waals surface area contributed by atoms with Crippen molar-refractivity contribution < 1.29 is 32.1 Å². The molecule has 1 heterocycles. The number of hydrogen-bond donors (Lipinski definition) is 0. The van der Waals surface area contributed by atoms with Crippen LogP contribution >= 0.6 is 0 Å². The van der Waals surface area contributed by atoms with Crippen LogP contribution in [-0.2, 0) is 6.61 Å². The van der Waals surface area contributed by atoms with E-state index >= 15 is 0 Å². The maximum Gasteiger partial charge on any atom is 0.422 e. The molecule has 154 valence electrons. The Labute approximate surface area is 166 Å². The van der Waals surface area contributed by atoms with E-state index in [9.17, 15) is 13.2 Å². The number of hydrogen-bond acceptors (Lipinski definition) is 5. The summed E-state index contributed by atoms with van der Waals surface area (Å²) in [4.78, 5) is 4.23. The molecule has 0 spiro atoms. The number of fused-ring (bicyclic) bond motifs is 1. The van der Waals surface area contributed by atoms with Gasteiger partial charge >= 0.3 is 6.18 Å². The lowest BCUT2D eigenvalue weighted by Crippen LogP contribution is -2.19. The van der Waals surface area contributed by atoms with E-state index in [1.807, 2.05) is 12.1 Å². The molecule has 1 aromatic heterocycles. The number of alkyl halides is 3. The summed E-state index contributed by atoms with van der Waals surface area (Å²) < 4.78 is 58.9. The van der Waals surface area contributed by atoms with Gasteiger partial charge in [-0.3, -0.25) is 0 Å². The summed E-state index contributed by atoms with van der Waals surface area (Å²) >= 11 is 0. The zero-order chi connectivity index (χ0) is 21.0. The molecular weight excluding hydrogens is 387 g/mol. The molecule has 0 aliphatic carbocycles. The minimum atomic E-state index is -4.47. The second kappa shape index (κ2) is 8.46. The molecule has 0 aliphatic rings. The van der Waals surface area contributed by atoms with E-state index in [4.69, 9.17) is 18.9 Å². The molecule has 0 N–H and O–H groups in total. The van der Waals surface area contributed by atoms with Crippen molar-refractivity contribution in [2.24, 2.45) is 0 Å². The van der Waals surface area contributed by atoms with Gasteiger partial charge in [-0.2, -0.15) is 13.2 Å². The first kappa shape index (κ1) is 20.6. The maximum absolute atomic E-state index is 12.6. The van der Waals surface area contributed by atoms with Crippen molar-refractivity contribution in [3.63, 3.8) is 0 Å². The highest BCUT2D eigenvalue weighted by molar-refractivity contribution is 5.89. The summed E-state index contributed by atoms with van der Waals surface area (Å²) in [6, 6.07) is 12.2. The normalized spacial score (nSPS) is 11.4. The zero-order valence-corrected chi connectivity index (χ0v) is 16.2. The van der Waals surface area contributed by atoms with Crippen LogP contribution in [0.4, 0.5) is 13.2 Å². The van der Waals surface area contributed by atoms with Crippen LogP contribution in [0.2, 0.25) is 0 Å². The molecule has 3 rings (SSSR count). The fourth-order valence-electron chi connectivity index (χ4n) is 2.81. The standard InChI is InChI=1S/C21H20F3NO4/c1-13-17(27-3)9-8-16-18(28-11-14-4-6-15(26-2)7-5-14)10-19(25-20(13)16)29-12-21(22,23)24/h4-10H,11-12H2,1-3H3. The molecule has 0 aliphatic heterocycles. The average molecular weight is 407 g/mol. The van der Waals surface area contributed by atoms with E-state index in [1.165, 1.54) is 13.2 Å². The lowest BCUT2D eigenvalue weighted by molar-refractivity contribution is -0.154. The highest BCUT2D eigenvalue weighted by Gasteiger charge is 2.29. The molecule has 3 aromatic rings. The third-order valence-electron chi connectivity index (χ3n) is 4.28. The van der Waals surface area contributed by atoms with Gasteiger partial charge in [0, 0.05) is 17.0 Å². The predicted molar refractivity (Wildman–Crippen MR) is 102 cm³/mol. The molecule has 29 heavy (non-hydrogen) atoms. The average Bonchev–Trinajstić information content (AvgIpc) is 2.71. The van der Waals surface area contributed by atoms with Crippen molar-refractivity contribution in [2.45, 2.75) is 19.7 Å². The number of benzene rings is 2. The van der Waals surface area contributed by atoms with Crippen molar-refractivity contribution in [3.05, 3.63) is 53.6 Å². The molecule has 0 amide bonds. The summed E-state index contributed by atoms with van der Waals surface area (Å²) in [5.74, 6) is 1.48. The highest BCUT2D eigenvalue weighted by Crippen LogP contribution is 2.35. The van der Waals surface area contributed by atoms with E-state index in [0.29, 0.717) is 33.7 Å². The third-order valence-corrected chi connectivity index (χ3v) is 4.28. The maximum atomic E-state index is 12.6. The fourth-order valence-corrected chi connectivity index (χ4v) is 2.81. The Balaban J connectivity index is 1.95. The highest BCUT2D eigenvalue weighted by atomic mass is 19.4. The molecule has 0 fully saturated rings. The molecule has 0 saturated heterocycles. The number of methoxy groups -OCH3 is 2. The second-order valence-corrected chi connectivity index (χ2v) is 6.29. The van der Waals surface area contributed by atoms with Gasteiger partial charge in [0.15, 0.2) is 6.61 Å². The Hall–Kier alpha value is -3.16. The Kier molecular flexibility index (Phi) is 6.00. The fraction of sp³-hybridized carbons (Fsp3) is 0.286. The number of ether oxygens (including phenoxy) is 4. The molecule has 5 nitrogen and oxygen atoms in total. The summed E-state index contributed by atoms with van der Waals surface area (Å²) in [6.07, 6.45) is -4.47. The molecule has 0 atom stereocenters. The van der Waals surface area contributed by atoms with Crippen LogP contribution in [-0.4, -0.2) is 32.0 Å². The number of pyridine rings is 1. The smallest absolute Gasteiger partial charge is 0.422 e. The predicted octanol–water partition coefficient (Wildman–Crippen LogP) is 5.08. The van der Waals surface area contributed by atoms with Gasteiger partial charge in [0.1, 0.15) is 23.9 Å². The number of aromatic nitrogens is 1. The van der Waals surface area contributed by atoms with Gasteiger partial charge in [0.05, 0.1) is 19.7 Å². The minimum absolute atomic E-state index is 0.170. The van der Waals surface area contributed by atoms with E-state index in [0.717, 1.165) is 5.56 Å².